The number of aliphatic hydroxyl groups excluding tert-OH is 2. The van der Waals surface area contributed by atoms with E-state index in [1.165, 1.54) is 18.2 Å². The average molecular weight is 290 g/mol. The van der Waals surface area contributed by atoms with Crippen molar-refractivity contribution in [3.05, 3.63) is 35.4 Å². The molecule has 0 heterocycles. The van der Waals surface area contributed by atoms with Gasteiger partial charge in [-0.3, -0.25) is 15.0 Å². The van der Waals surface area contributed by atoms with Crippen molar-refractivity contribution < 1.29 is 19.8 Å². The number of nitrogen functional groups attached to an aromatic ring is 1. The van der Waals surface area contributed by atoms with Gasteiger partial charge in [-0.25, -0.2) is 5.84 Å². The lowest BCUT2D eigenvalue weighted by molar-refractivity contribution is 0.0802. The average Bonchev–Trinajstić information content (AvgIpc) is 2.43. The van der Waals surface area contributed by atoms with E-state index in [4.69, 9.17) is 16.1 Å². The Labute approximate surface area is 116 Å². The molecule has 1 unspecified atom stereocenters. The van der Waals surface area contributed by atoms with Crippen LogP contribution in [0.15, 0.2) is 24.3 Å². The van der Waals surface area contributed by atoms with Crippen molar-refractivity contribution >= 4 is 24.2 Å². The van der Waals surface area contributed by atoms with Crippen LogP contribution in [0.3, 0.4) is 0 Å². The molecule has 1 aromatic rings. The minimum absolute atomic E-state index is 0. The fraction of sp³-hybridized carbons (Fsp3) is 0.273. The molecule has 1 aromatic carbocycles. The molecule has 0 fully saturated rings. The van der Waals surface area contributed by atoms with Gasteiger partial charge in [-0.15, -0.1) is 12.4 Å². The summed E-state index contributed by atoms with van der Waals surface area (Å²) in [4.78, 5) is 22.9. The van der Waals surface area contributed by atoms with Gasteiger partial charge in [0.15, 0.2) is 0 Å². The molecule has 0 radical (unpaired) electrons. The normalized spacial score (nSPS) is 11.1. The van der Waals surface area contributed by atoms with Crippen LogP contribution < -0.4 is 16.6 Å². The number of hydrazine groups is 1. The summed E-state index contributed by atoms with van der Waals surface area (Å²) in [5, 5.41) is 20.1. The van der Waals surface area contributed by atoms with Crippen molar-refractivity contribution in [3.63, 3.8) is 0 Å². The van der Waals surface area contributed by atoms with Crippen LogP contribution in [-0.2, 0) is 0 Å². The van der Waals surface area contributed by atoms with Gasteiger partial charge >= 0.3 is 0 Å². The topological polar surface area (TPSA) is 125 Å². The zero-order valence-corrected chi connectivity index (χ0v) is 10.8. The third-order valence-electron chi connectivity index (χ3n) is 2.23. The Kier molecular flexibility index (Phi) is 7.69. The van der Waals surface area contributed by atoms with E-state index in [-0.39, 0.29) is 30.1 Å². The van der Waals surface area contributed by atoms with Gasteiger partial charge in [0.05, 0.1) is 12.7 Å². The summed E-state index contributed by atoms with van der Waals surface area (Å²) in [7, 11) is 0. The number of hydrogen-bond donors (Lipinski definition) is 5. The quantitative estimate of drug-likeness (QED) is 0.264. The molecule has 0 saturated carbocycles. The largest absolute Gasteiger partial charge is 0.394 e. The van der Waals surface area contributed by atoms with E-state index >= 15 is 0 Å². The number of halogens is 1. The summed E-state index contributed by atoms with van der Waals surface area (Å²) in [6.07, 6.45) is -1.01. The lowest BCUT2D eigenvalue weighted by atomic mass is 10.1. The van der Waals surface area contributed by atoms with Gasteiger partial charge < -0.3 is 15.5 Å². The Morgan fingerprint density at radius 1 is 1.26 bits per heavy atom. The first-order valence-electron chi connectivity index (χ1n) is 5.26. The standard InChI is InChI=1S/C11H15N3O4.ClH/c12-14-11(18)8-3-1-2-7(4-8)10(17)13-5-9(16)6-15;/h1-4,9,15-16H,5-6,12H2,(H,13,17)(H,14,18);1H. The molecule has 0 aromatic heterocycles. The smallest absolute Gasteiger partial charge is 0.265 e. The number of rotatable bonds is 5. The number of aliphatic hydroxyl groups is 2. The van der Waals surface area contributed by atoms with Crippen LogP contribution in [0.2, 0.25) is 0 Å². The number of carbonyl (C=O) groups is 2. The van der Waals surface area contributed by atoms with E-state index in [0.717, 1.165) is 0 Å². The van der Waals surface area contributed by atoms with Crippen LogP contribution in [0.1, 0.15) is 20.7 Å². The van der Waals surface area contributed by atoms with Crippen molar-refractivity contribution in [1.29, 1.82) is 0 Å². The van der Waals surface area contributed by atoms with Gasteiger partial charge in [-0.05, 0) is 18.2 Å². The minimum atomic E-state index is -1.01. The Bertz CT molecular complexity index is 442. The molecule has 106 valence electrons. The molecule has 2 amide bonds. The van der Waals surface area contributed by atoms with E-state index in [0.29, 0.717) is 0 Å². The predicted molar refractivity (Wildman–Crippen MR) is 70.8 cm³/mol. The number of carbonyl (C=O) groups excluding carboxylic acids is 2. The highest BCUT2D eigenvalue weighted by molar-refractivity contribution is 5.99. The first-order valence-corrected chi connectivity index (χ1v) is 5.26. The Morgan fingerprint density at radius 3 is 2.37 bits per heavy atom. The summed E-state index contributed by atoms with van der Waals surface area (Å²) < 4.78 is 0. The molecule has 19 heavy (non-hydrogen) atoms. The third-order valence-corrected chi connectivity index (χ3v) is 2.23. The molecule has 0 aliphatic carbocycles. The second-order valence-electron chi connectivity index (χ2n) is 3.60. The monoisotopic (exact) mass is 289 g/mol. The molecule has 0 aliphatic rings. The summed E-state index contributed by atoms with van der Waals surface area (Å²) in [6, 6.07) is 5.96. The Morgan fingerprint density at radius 2 is 1.84 bits per heavy atom. The first kappa shape index (κ1) is 17.3. The predicted octanol–water partition coefficient (Wildman–Crippen LogP) is -1.21. The highest BCUT2D eigenvalue weighted by Crippen LogP contribution is 2.05. The number of amides is 2. The molecule has 0 aliphatic heterocycles. The third kappa shape index (κ3) is 5.23. The zero-order chi connectivity index (χ0) is 13.5. The molecule has 0 spiro atoms. The SMILES string of the molecule is Cl.NNC(=O)c1cccc(C(=O)NCC(O)CO)c1. The Balaban J connectivity index is 0.00000324. The van der Waals surface area contributed by atoms with Gasteiger partial charge in [-0.2, -0.15) is 0 Å². The second kappa shape index (κ2) is 8.44. The second-order valence-corrected chi connectivity index (χ2v) is 3.60. The van der Waals surface area contributed by atoms with Crippen LogP contribution in [0, 0.1) is 0 Å². The van der Waals surface area contributed by atoms with Gasteiger partial charge in [0.25, 0.3) is 11.8 Å². The number of nitrogens with two attached hydrogens (primary N) is 1. The maximum absolute atomic E-state index is 11.7. The van der Waals surface area contributed by atoms with E-state index in [2.05, 4.69) is 5.32 Å². The van der Waals surface area contributed by atoms with Crippen LogP contribution >= 0.6 is 12.4 Å². The van der Waals surface area contributed by atoms with E-state index in [1.807, 2.05) is 5.43 Å². The molecular formula is C11H16ClN3O4. The van der Waals surface area contributed by atoms with E-state index in [1.54, 1.807) is 6.07 Å². The minimum Gasteiger partial charge on any atom is -0.394 e. The van der Waals surface area contributed by atoms with Gasteiger partial charge in [0, 0.05) is 17.7 Å². The molecule has 1 rings (SSSR count). The lowest BCUT2D eigenvalue weighted by Gasteiger charge is -2.09. The Hall–Kier alpha value is -1.67. The maximum atomic E-state index is 11.7. The number of nitrogens with one attached hydrogen (secondary N) is 2. The molecule has 8 heteroatoms. The fourth-order valence-corrected chi connectivity index (χ4v) is 1.26. The van der Waals surface area contributed by atoms with Gasteiger partial charge in [0.2, 0.25) is 0 Å². The molecule has 6 N–H and O–H groups in total. The van der Waals surface area contributed by atoms with Crippen molar-refractivity contribution in [3.8, 4) is 0 Å². The van der Waals surface area contributed by atoms with Crippen LogP contribution in [0.4, 0.5) is 0 Å². The van der Waals surface area contributed by atoms with Crippen molar-refractivity contribution in [2.45, 2.75) is 6.10 Å². The molecule has 0 bridgehead atoms. The fourth-order valence-electron chi connectivity index (χ4n) is 1.26. The van der Waals surface area contributed by atoms with Crippen LogP contribution in [0.5, 0.6) is 0 Å². The van der Waals surface area contributed by atoms with Gasteiger partial charge in [0.1, 0.15) is 0 Å². The summed E-state index contributed by atoms with van der Waals surface area (Å²) >= 11 is 0. The van der Waals surface area contributed by atoms with Gasteiger partial charge in [-0.1, -0.05) is 6.07 Å². The molecule has 7 nitrogen and oxygen atoms in total. The first-order chi connectivity index (χ1) is 8.58. The van der Waals surface area contributed by atoms with Crippen molar-refractivity contribution in [2.24, 2.45) is 5.84 Å². The van der Waals surface area contributed by atoms with Crippen LogP contribution in [0.25, 0.3) is 0 Å². The maximum Gasteiger partial charge on any atom is 0.265 e. The molecule has 0 saturated heterocycles. The van der Waals surface area contributed by atoms with Crippen LogP contribution in [-0.4, -0.2) is 41.3 Å². The summed E-state index contributed by atoms with van der Waals surface area (Å²) in [5.74, 6) is 4.04. The lowest BCUT2D eigenvalue weighted by Crippen LogP contribution is -2.34. The van der Waals surface area contributed by atoms with Crippen molar-refractivity contribution in [2.75, 3.05) is 13.2 Å². The van der Waals surface area contributed by atoms with E-state index < -0.39 is 24.5 Å². The summed E-state index contributed by atoms with van der Waals surface area (Å²) in [6.45, 7) is -0.501. The highest BCUT2D eigenvalue weighted by Gasteiger charge is 2.10. The van der Waals surface area contributed by atoms with Crippen molar-refractivity contribution in [1.82, 2.24) is 10.7 Å². The number of benzene rings is 1. The molecular weight excluding hydrogens is 274 g/mol. The van der Waals surface area contributed by atoms with E-state index in [9.17, 15) is 9.59 Å². The highest BCUT2D eigenvalue weighted by atomic mass is 35.5. The zero-order valence-electron chi connectivity index (χ0n) is 10.00. The number of hydrogen-bond acceptors (Lipinski definition) is 5. The summed E-state index contributed by atoms with van der Waals surface area (Å²) in [5.41, 5.74) is 2.49. The molecule has 1 atom stereocenters.